The maximum absolute atomic E-state index is 10.4. The number of carbonyl (C=O) groups is 1. The third-order valence-electron chi connectivity index (χ3n) is 2.01. The fourth-order valence-corrected chi connectivity index (χ4v) is 1.19. The summed E-state index contributed by atoms with van der Waals surface area (Å²) in [6.07, 6.45) is 2.75. The third-order valence-corrected chi connectivity index (χ3v) is 2.01. The van der Waals surface area contributed by atoms with Gasteiger partial charge in [-0.05, 0) is 37.3 Å². The van der Waals surface area contributed by atoms with Crippen LogP contribution in [0.1, 0.15) is 17.3 Å². The summed E-state index contributed by atoms with van der Waals surface area (Å²) in [5.74, 6) is 0.805. The smallest absolute Gasteiger partial charge is 0.150 e. The summed E-state index contributed by atoms with van der Waals surface area (Å²) in [7, 11) is 1.71. The number of hydrogen-bond donors (Lipinski definition) is 2. The Balaban J connectivity index is 2.42. The number of carbonyl (C=O) groups excluding carboxylic acids is 1. The van der Waals surface area contributed by atoms with Crippen LogP contribution in [0.25, 0.3) is 0 Å². The summed E-state index contributed by atoms with van der Waals surface area (Å²) < 4.78 is 0. The molecule has 0 bridgehead atoms. The Morgan fingerprint density at radius 2 is 2.06 bits per heavy atom. The lowest BCUT2D eigenvalue weighted by Crippen LogP contribution is -2.07. The largest absolute Gasteiger partial charge is 0.414 e. The van der Waals surface area contributed by atoms with Gasteiger partial charge in [0.1, 0.15) is 12.0 Å². The van der Waals surface area contributed by atoms with Crippen LogP contribution in [0.2, 0.25) is 0 Å². The average Bonchev–Trinajstić information content (AvgIpc) is 2.30. The van der Waals surface area contributed by atoms with Gasteiger partial charge in [0.25, 0.3) is 0 Å². The van der Waals surface area contributed by atoms with Gasteiger partial charge in [0.15, 0.2) is 0 Å². The van der Waals surface area contributed by atoms with Crippen LogP contribution in [-0.4, -0.2) is 19.9 Å². The molecule has 86 valence electrons. The molecule has 0 spiro atoms. The van der Waals surface area contributed by atoms with E-state index in [1.807, 2.05) is 25.1 Å². The van der Waals surface area contributed by atoms with Gasteiger partial charge in [-0.25, -0.2) is 0 Å². The highest BCUT2D eigenvalue weighted by molar-refractivity contribution is 5.75. The van der Waals surface area contributed by atoms with E-state index in [4.69, 9.17) is 4.84 Å². The first-order valence-corrected chi connectivity index (χ1v) is 5.05. The van der Waals surface area contributed by atoms with Gasteiger partial charge in [0.2, 0.25) is 0 Å². The lowest BCUT2D eigenvalue weighted by Gasteiger charge is -2.05. The van der Waals surface area contributed by atoms with E-state index in [1.165, 1.54) is 0 Å². The van der Waals surface area contributed by atoms with Crippen molar-refractivity contribution in [3.05, 3.63) is 41.7 Å². The minimum atomic E-state index is 0.675. The lowest BCUT2D eigenvalue weighted by molar-refractivity contribution is 0.112. The quantitative estimate of drug-likeness (QED) is 0.437. The van der Waals surface area contributed by atoms with Crippen molar-refractivity contribution < 1.29 is 9.63 Å². The zero-order chi connectivity index (χ0) is 11.8. The van der Waals surface area contributed by atoms with Gasteiger partial charge in [0.05, 0.1) is 0 Å². The number of nitrogens with one attached hydrogen (secondary N) is 2. The van der Waals surface area contributed by atoms with E-state index in [9.17, 15) is 4.79 Å². The summed E-state index contributed by atoms with van der Waals surface area (Å²) in [4.78, 5) is 15.5. The molecule has 4 heteroatoms. The van der Waals surface area contributed by atoms with Crippen LogP contribution in [0.4, 0.5) is 5.69 Å². The molecule has 0 saturated carbocycles. The summed E-state index contributed by atoms with van der Waals surface area (Å²) in [6.45, 7) is 2.54. The van der Waals surface area contributed by atoms with Crippen molar-refractivity contribution in [1.82, 2.24) is 5.48 Å². The highest BCUT2D eigenvalue weighted by Crippen LogP contribution is 2.07. The molecule has 1 rings (SSSR count). The molecule has 4 nitrogen and oxygen atoms in total. The van der Waals surface area contributed by atoms with Crippen molar-refractivity contribution in [1.29, 1.82) is 0 Å². The van der Waals surface area contributed by atoms with Crippen molar-refractivity contribution >= 4 is 12.0 Å². The molecule has 1 aromatic carbocycles. The summed E-state index contributed by atoms with van der Waals surface area (Å²) in [6, 6.07) is 7.28. The third kappa shape index (κ3) is 4.14. The van der Waals surface area contributed by atoms with Gasteiger partial charge in [-0.1, -0.05) is 0 Å². The molecule has 0 aliphatic heterocycles. The number of allylic oxidation sites excluding steroid dienone is 1. The molecule has 1 aromatic rings. The van der Waals surface area contributed by atoms with Crippen molar-refractivity contribution in [2.45, 2.75) is 6.92 Å². The topological polar surface area (TPSA) is 50.4 Å². The van der Waals surface area contributed by atoms with Gasteiger partial charge in [-0.15, -0.1) is 0 Å². The second kappa shape index (κ2) is 6.63. The van der Waals surface area contributed by atoms with Crippen LogP contribution in [0, 0.1) is 0 Å². The van der Waals surface area contributed by atoms with Crippen LogP contribution >= 0.6 is 0 Å². The number of hydroxylamine groups is 1. The lowest BCUT2D eigenvalue weighted by atomic mass is 10.2. The first kappa shape index (κ1) is 12.3. The van der Waals surface area contributed by atoms with Crippen LogP contribution in [0.3, 0.4) is 0 Å². The molecule has 0 atom stereocenters. The maximum Gasteiger partial charge on any atom is 0.150 e. The van der Waals surface area contributed by atoms with E-state index in [0.717, 1.165) is 17.7 Å². The molecule has 0 aliphatic rings. The first-order valence-electron chi connectivity index (χ1n) is 5.05. The number of anilines is 1. The van der Waals surface area contributed by atoms with Crippen LogP contribution in [-0.2, 0) is 4.84 Å². The molecule has 0 fully saturated rings. The van der Waals surface area contributed by atoms with E-state index in [0.29, 0.717) is 12.1 Å². The van der Waals surface area contributed by atoms with Gasteiger partial charge in [-0.3, -0.25) is 4.79 Å². The number of aldehydes is 1. The standard InChI is InChI=1S/C12H16N2O2/c1-10(16-13-2)7-8-14-12-5-3-11(9-15)4-6-12/h3-7,9,13-14H,8H2,1-2H3/b10-7+. The average molecular weight is 220 g/mol. The zero-order valence-electron chi connectivity index (χ0n) is 9.49. The Hall–Kier alpha value is -1.81. The maximum atomic E-state index is 10.4. The number of hydrogen-bond acceptors (Lipinski definition) is 4. The molecular weight excluding hydrogens is 204 g/mol. The van der Waals surface area contributed by atoms with Gasteiger partial charge < -0.3 is 10.2 Å². The highest BCUT2D eigenvalue weighted by atomic mass is 16.6. The monoisotopic (exact) mass is 220 g/mol. The van der Waals surface area contributed by atoms with Crippen molar-refractivity contribution in [2.24, 2.45) is 0 Å². The Morgan fingerprint density at radius 1 is 1.38 bits per heavy atom. The molecule has 2 N–H and O–H groups in total. The summed E-state index contributed by atoms with van der Waals surface area (Å²) >= 11 is 0. The molecule has 0 saturated heterocycles. The summed E-state index contributed by atoms with van der Waals surface area (Å²) in [5.41, 5.74) is 4.24. The predicted octanol–water partition coefficient (Wildman–Crippen LogP) is 1.97. The molecule has 0 aliphatic carbocycles. The van der Waals surface area contributed by atoms with Gasteiger partial charge in [-0.2, -0.15) is 5.48 Å². The molecule has 0 aromatic heterocycles. The molecule has 0 radical (unpaired) electrons. The second-order valence-electron chi connectivity index (χ2n) is 3.24. The van der Waals surface area contributed by atoms with Crippen LogP contribution < -0.4 is 10.8 Å². The molecule has 16 heavy (non-hydrogen) atoms. The second-order valence-corrected chi connectivity index (χ2v) is 3.24. The fraction of sp³-hybridized carbons (Fsp3) is 0.250. The van der Waals surface area contributed by atoms with Crippen molar-refractivity contribution in [3.8, 4) is 0 Å². The van der Waals surface area contributed by atoms with E-state index < -0.39 is 0 Å². The van der Waals surface area contributed by atoms with Gasteiger partial charge >= 0.3 is 0 Å². The SMILES string of the molecule is CNO/C(C)=C/CNc1ccc(C=O)cc1. The summed E-state index contributed by atoms with van der Waals surface area (Å²) in [5, 5.41) is 3.19. The van der Waals surface area contributed by atoms with E-state index in [2.05, 4.69) is 10.8 Å². The van der Waals surface area contributed by atoms with Crippen molar-refractivity contribution in [2.75, 3.05) is 18.9 Å². The number of benzene rings is 1. The minimum absolute atomic E-state index is 0.675. The normalized spacial score (nSPS) is 11.0. The van der Waals surface area contributed by atoms with Gasteiger partial charge in [0, 0.05) is 24.8 Å². The van der Waals surface area contributed by atoms with Crippen LogP contribution in [0.5, 0.6) is 0 Å². The minimum Gasteiger partial charge on any atom is -0.414 e. The molecule has 0 heterocycles. The Labute approximate surface area is 95.3 Å². The molecule has 0 amide bonds. The van der Waals surface area contributed by atoms with E-state index in [-0.39, 0.29) is 0 Å². The van der Waals surface area contributed by atoms with E-state index in [1.54, 1.807) is 19.2 Å². The molecule has 0 unspecified atom stereocenters. The Bertz CT molecular complexity index is 358. The Kier molecular flexibility index (Phi) is 5.08. The molecular formula is C12H16N2O2. The first-order chi connectivity index (χ1) is 7.76. The number of rotatable bonds is 6. The van der Waals surface area contributed by atoms with Crippen LogP contribution in [0.15, 0.2) is 36.1 Å². The highest BCUT2D eigenvalue weighted by Gasteiger charge is 1.92. The van der Waals surface area contributed by atoms with E-state index >= 15 is 0 Å². The van der Waals surface area contributed by atoms with Crippen molar-refractivity contribution in [3.63, 3.8) is 0 Å². The Morgan fingerprint density at radius 3 is 2.62 bits per heavy atom. The zero-order valence-corrected chi connectivity index (χ0v) is 9.49. The predicted molar refractivity (Wildman–Crippen MR) is 64.2 cm³/mol. The fourth-order valence-electron chi connectivity index (χ4n) is 1.19.